The Balaban J connectivity index is 1.31. The minimum absolute atomic E-state index is 0.0380. The fourth-order valence-electron chi connectivity index (χ4n) is 7.41. The van der Waals surface area contributed by atoms with Crippen molar-refractivity contribution in [3.05, 3.63) is 48.3 Å². The van der Waals surface area contributed by atoms with Crippen molar-refractivity contribution in [1.82, 2.24) is 25.5 Å². The molecule has 3 fully saturated rings. The third-order valence-corrected chi connectivity index (χ3v) is 9.64. The topological polar surface area (TPSA) is 99.7 Å². The van der Waals surface area contributed by atoms with Gasteiger partial charge in [0.2, 0.25) is 11.8 Å². The molecule has 4 aliphatic rings. The number of hydrogen-bond acceptors (Lipinski definition) is 7. The summed E-state index contributed by atoms with van der Waals surface area (Å²) in [5.74, 6) is -1.76. The average molecular weight is 613 g/mol. The molecule has 12 heteroatoms. The maximum atomic E-state index is 14.6. The van der Waals surface area contributed by atoms with Gasteiger partial charge in [0.05, 0.1) is 23.6 Å². The van der Waals surface area contributed by atoms with Crippen molar-refractivity contribution in [3.8, 4) is 17.1 Å². The number of pyridine rings is 2. The predicted octanol–water partition coefficient (Wildman–Crippen LogP) is 4.21. The Bertz CT molecular complexity index is 1430. The van der Waals surface area contributed by atoms with Gasteiger partial charge in [0.1, 0.15) is 0 Å². The van der Waals surface area contributed by atoms with Crippen LogP contribution < -0.4 is 20.3 Å². The van der Waals surface area contributed by atoms with Gasteiger partial charge in [-0.15, -0.1) is 0 Å². The standard InChI is InChI=1S/C32H39F3N6O3/c1-3-23-19-40(30(43)31(32(33,34)35)17-20-7-8-21(31)16-20)14-15-41(23)26-10-9-25(24-6-5-12-37-29(24)44-4-2)39-27(26)28(42)38-22-11-13-36-18-22/h5-10,12,20-23,36H,3-4,11,13-19H2,1-2H3,(H,38,42)/t20?,21?,22-,23-,31?/m1/s1. The second-order valence-electron chi connectivity index (χ2n) is 12.2. The Kier molecular flexibility index (Phi) is 8.29. The van der Waals surface area contributed by atoms with Crippen LogP contribution >= 0.6 is 0 Å². The third kappa shape index (κ3) is 5.31. The van der Waals surface area contributed by atoms with Crippen LogP contribution in [0.3, 0.4) is 0 Å². The summed E-state index contributed by atoms with van der Waals surface area (Å²) in [4.78, 5) is 40.1. The van der Waals surface area contributed by atoms with E-state index in [1.54, 1.807) is 18.3 Å². The van der Waals surface area contributed by atoms with Crippen LogP contribution in [0, 0.1) is 17.3 Å². The number of carbonyl (C=O) groups excluding carboxylic acids is 2. The Morgan fingerprint density at radius 3 is 2.68 bits per heavy atom. The minimum atomic E-state index is -4.63. The van der Waals surface area contributed by atoms with E-state index in [1.165, 1.54) is 4.90 Å². The molecule has 2 aromatic heterocycles. The maximum Gasteiger partial charge on any atom is 0.403 e. The molecule has 2 saturated heterocycles. The van der Waals surface area contributed by atoms with E-state index in [2.05, 4.69) is 15.6 Å². The van der Waals surface area contributed by atoms with Crippen molar-refractivity contribution in [2.75, 3.05) is 44.2 Å². The number of hydrogen-bond donors (Lipinski definition) is 2. The van der Waals surface area contributed by atoms with E-state index in [0.29, 0.717) is 48.8 Å². The minimum Gasteiger partial charge on any atom is -0.477 e. The number of halogens is 3. The molecule has 44 heavy (non-hydrogen) atoms. The number of nitrogens with zero attached hydrogens (tertiary/aromatic N) is 4. The van der Waals surface area contributed by atoms with Gasteiger partial charge in [0, 0.05) is 50.4 Å². The number of allylic oxidation sites excluding steroid dienone is 2. The molecule has 2 amide bonds. The number of fused-ring (bicyclic) bond motifs is 2. The van der Waals surface area contributed by atoms with Crippen LogP contribution in [0.2, 0.25) is 0 Å². The Hall–Kier alpha value is -3.67. The second kappa shape index (κ2) is 12.0. The predicted molar refractivity (Wildman–Crippen MR) is 159 cm³/mol. The number of carbonyl (C=O) groups is 2. The number of piperazine rings is 1. The Morgan fingerprint density at radius 1 is 1.18 bits per heavy atom. The van der Waals surface area contributed by atoms with E-state index in [-0.39, 0.29) is 55.7 Å². The van der Waals surface area contributed by atoms with Gasteiger partial charge in [-0.05, 0) is 69.3 Å². The van der Waals surface area contributed by atoms with E-state index in [4.69, 9.17) is 9.72 Å². The van der Waals surface area contributed by atoms with Crippen LogP contribution in [-0.4, -0.2) is 84.3 Å². The molecule has 2 aromatic rings. The lowest BCUT2D eigenvalue weighted by atomic mass is 9.73. The van der Waals surface area contributed by atoms with Crippen molar-refractivity contribution in [1.29, 1.82) is 0 Å². The van der Waals surface area contributed by atoms with E-state index < -0.39 is 23.4 Å². The van der Waals surface area contributed by atoms with Crippen molar-refractivity contribution in [2.45, 2.75) is 57.8 Å². The SMILES string of the molecule is CCOc1ncccc1-c1ccc(N2CCN(C(=O)C3(C(F)(F)F)CC4C=CC3C4)C[C@H]2CC)c(C(=O)N[C@@H]2CCNC2)n1. The molecule has 0 aromatic carbocycles. The highest BCUT2D eigenvalue weighted by atomic mass is 19.4. The first-order chi connectivity index (χ1) is 21.2. The summed E-state index contributed by atoms with van der Waals surface area (Å²) >= 11 is 0. The van der Waals surface area contributed by atoms with Crippen molar-refractivity contribution >= 4 is 17.5 Å². The van der Waals surface area contributed by atoms with E-state index >= 15 is 0 Å². The van der Waals surface area contributed by atoms with Gasteiger partial charge in [0.25, 0.3) is 5.91 Å². The highest BCUT2D eigenvalue weighted by Crippen LogP contribution is 2.60. The zero-order valence-electron chi connectivity index (χ0n) is 25.1. The molecule has 2 bridgehead atoms. The quantitative estimate of drug-likeness (QED) is 0.431. The van der Waals surface area contributed by atoms with Gasteiger partial charge in [-0.1, -0.05) is 19.1 Å². The summed E-state index contributed by atoms with van der Waals surface area (Å²) in [6.45, 7) is 6.24. The normalized spacial score (nSPS) is 28.0. The number of anilines is 1. The Morgan fingerprint density at radius 2 is 2.02 bits per heavy atom. The van der Waals surface area contributed by atoms with Gasteiger partial charge < -0.3 is 25.2 Å². The first-order valence-corrected chi connectivity index (χ1v) is 15.6. The van der Waals surface area contributed by atoms with Gasteiger partial charge >= 0.3 is 6.18 Å². The molecule has 9 nitrogen and oxygen atoms in total. The Labute approximate surface area is 255 Å². The van der Waals surface area contributed by atoms with Crippen LogP contribution in [0.4, 0.5) is 18.9 Å². The lowest BCUT2D eigenvalue weighted by Gasteiger charge is -2.46. The summed E-state index contributed by atoms with van der Waals surface area (Å²) in [7, 11) is 0. The summed E-state index contributed by atoms with van der Waals surface area (Å²) in [6.07, 6.45) is 1.97. The fraction of sp³-hybridized carbons (Fsp3) is 0.562. The summed E-state index contributed by atoms with van der Waals surface area (Å²) in [6, 6.07) is 6.93. The van der Waals surface area contributed by atoms with Crippen LogP contribution in [0.25, 0.3) is 11.3 Å². The highest BCUT2D eigenvalue weighted by Gasteiger charge is 2.69. The number of rotatable bonds is 8. The molecule has 0 radical (unpaired) electrons. The van der Waals surface area contributed by atoms with Gasteiger partial charge in [-0.25, -0.2) is 9.97 Å². The third-order valence-electron chi connectivity index (χ3n) is 9.64. The molecular formula is C32H39F3N6O3. The molecule has 2 aliphatic carbocycles. The monoisotopic (exact) mass is 612 g/mol. The smallest absolute Gasteiger partial charge is 0.403 e. The first kappa shape index (κ1) is 30.4. The molecule has 1 saturated carbocycles. The van der Waals surface area contributed by atoms with E-state index in [9.17, 15) is 22.8 Å². The molecule has 6 rings (SSSR count). The molecule has 2 aliphatic heterocycles. The number of amides is 2. The summed E-state index contributed by atoms with van der Waals surface area (Å²) in [5.41, 5.74) is -0.371. The lowest BCUT2D eigenvalue weighted by Crippen LogP contribution is -2.61. The van der Waals surface area contributed by atoms with Gasteiger partial charge in [-0.2, -0.15) is 13.2 Å². The van der Waals surface area contributed by atoms with Crippen molar-refractivity contribution < 1.29 is 27.5 Å². The highest BCUT2D eigenvalue weighted by molar-refractivity contribution is 5.99. The zero-order valence-corrected chi connectivity index (χ0v) is 25.1. The van der Waals surface area contributed by atoms with Crippen LogP contribution in [0.15, 0.2) is 42.6 Å². The molecule has 4 heterocycles. The summed E-state index contributed by atoms with van der Waals surface area (Å²) < 4.78 is 49.5. The number of ether oxygens (including phenoxy) is 1. The van der Waals surface area contributed by atoms with Gasteiger partial charge in [-0.3, -0.25) is 9.59 Å². The van der Waals surface area contributed by atoms with Crippen molar-refractivity contribution in [3.63, 3.8) is 0 Å². The van der Waals surface area contributed by atoms with Crippen LogP contribution in [0.5, 0.6) is 5.88 Å². The molecule has 0 spiro atoms. The lowest BCUT2D eigenvalue weighted by molar-refractivity contribution is -0.235. The zero-order chi connectivity index (χ0) is 31.1. The van der Waals surface area contributed by atoms with E-state index in [0.717, 1.165) is 13.0 Å². The first-order valence-electron chi connectivity index (χ1n) is 15.6. The van der Waals surface area contributed by atoms with E-state index in [1.807, 2.05) is 43.0 Å². The van der Waals surface area contributed by atoms with Gasteiger partial charge in [0.15, 0.2) is 11.1 Å². The number of aromatic nitrogens is 2. The average Bonchev–Trinajstić information content (AvgIpc) is 3.79. The second-order valence-corrected chi connectivity index (χ2v) is 12.2. The molecule has 3 unspecified atom stereocenters. The molecule has 236 valence electrons. The molecular weight excluding hydrogens is 573 g/mol. The summed E-state index contributed by atoms with van der Waals surface area (Å²) in [5, 5.41) is 6.35. The molecule has 5 atom stereocenters. The van der Waals surface area contributed by atoms with Crippen molar-refractivity contribution in [2.24, 2.45) is 17.3 Å². The largest absolute Gasteiger partial charge is 0.477 e. The van der Waals surface area contributed by atoms with Crippen LogP contribution in [-0.2, 0) is 4.79 Å². The number of alkyl halides is 3. The van der Waals surface area contributed by atoms with Crippen LogP contribution in [0.1, 0.15) is 50.0 Å². The maximum absolute atomic E-state index is 14.6. The number of nitrogens with one attached hydrogen (secondary N) is 2. The fourth-order valence-corrected chi connectivity index (χ4v) is 7.41. The molecule has 2 N–H and O–H groups in total.